The van der Waals surface area contributed by atoms with Gasteiger partial charge in [0.25, 0.3) is 0 Å². The maximum absolute atomic E-state index is 11.3. The van der Waals surface area contributed by atoms with Gasteiger partial charge in [-0.1, -0.05) is 0 Å². The second kappa shape index (κ2) is 5.47. The number of amides is 1. The molecule has 1 aliphatic rings. The van der Waals surface area contributed by atoms with Crippen molar-refractivity contribution >= 4 is 28.5 Å². The number of carbonyl (C=O) groups excluding carboxylic acids is 1. The van der Waals surface area contributed by atoms with Gasteiger partial charge in [0.2, 0.25) is 11.8 Å². The van der Waals surface area contributed by atoms with Crippen molar-refractivity contribution in [2.75, 3.05) is 19.7 Å². The van der Waals surface area contributed by atoms with Crippen molar-refractivity contribution in [1.82, 2.24) is 9.88 Å². The molecular weight excluding hydrogens is 319 g/mol. The minimum atomic E-state index is 0.235. The second-order valence-corrected chi connectivity index (χ2v) is 4.89. The smallest absolute Gasteiger partial charge is 0.222 e. The van der Waals surface area contributed by atoms with E-state index < -0.39 is 0 Å². The van der Waals surface area contributed by atoms with Crippen molar-refractivity contribution in [2.45, 2.75) is 12.8 Å². The van der Waals surface area contributed by atoms with E-state index in [0.717, 1.165) is 16.5 Å². The van der Waals surface area contributed by atoms with Crippen LogP contribution in [-0.4, -0.2) is 35.5 Å². The van der Waals surface area contributed by atoms with Crippen LogP contribution in [0.15, 0.2) is 18.3 Å². The van der Waals surface area contributed by atoms with E-state index in [-0.39, 0.29) is 5.91 Å². The van der Waals surface area contributed by atoms with Crippen LogP contribution >= 0.6 is 22.6 Å². The molecule has 0 aliphatic carbocycles. The number of hydrogen-bond donors (Lipinski definition) is 0. The number of pyridine rings is 1. The third-order valence-electron chi connectivity index (χ3n) is 2.48. The largest absolute Gasteiger partial charge is 0.476 e. The van der Waals surface area contributed by atoms with Crippen LogP contribution in [0.25, 0.3) is 0 Å². The first kappa shape index (κ1) is 11.6. The number of likely N-dealkylation sites (tertiary alicyclic amines) is 1. The lowest BCUT2D eigenvalue weighted by atomic mass is 10.4. The topological polar surface area (TPSA) is 42.4 Å². The zero-order valence-electron chi connectivity index (χ0n) is 8.86. The Labute approximate surface area is 108 Å². The molecule has 0 spiro atoms. The maximum Gasteiger partial charge on any atom is 0.222 e. The summed E-state index contributed by atoms with van der Waals surface area (Å²) in [4.78, 5) is 17.3. The van der Waals surface area contributed by atoms with Crippen LogP contribution in [0.4, 0.5) is 0 Å². The third kappa shape index (κ3) is 3.07. The lowest BCUT2D eigenvalue weighted by Crippen LogP contribution is -2.29. The molecule has 2 rings (SSSR count). The molecule has 16 heavy (non-hydrogen) atoms. The van der Waals surface area contributed by atoms with E-state index >= 15 is 0 Å². The summed E-state index contributed by atoms with van der Waals surface area (Å²) < 4.78 is 6.55. The summed E-state index contributed by atoms with van der Waals surface area (Å²) in [7, 11) is 0. The average molecular weight is 332 g/mol. The first-order chi connectivity index (χ1) is 7.75. The summed E-state index contributed by atoms with van der Waals surface area (Å²) in [6.45, 7) is 2.04. The summed E-state index contributed by atoms with van der Waals surface area (Å²) >= 11 is 2.20. The number of ether oxygens (including phenoxy) is 1. The molecule has 1 amide bonds. The molecule has 1 aliphatic heterocycles. The standard InChI is InChI=1S/C11H13IN2O2/c12-9-3-4-10(13-8-9)16-7-6-14-5-1-2-11(14)15/h3-4,8H,1-2,5-7H2. The minimum Gasteiger partial charge on any atom is -0.476 e. The fourth-order valence-corrected chi connectivity index (χ4v) is 1.97. The molecule has 0 unspecified atom stereocenters. The highest BCUT2D eigenvalue weighted by molar-refractivity contribution is 14.1. The quantitative estimate of drug-likeness (QED) is 0.788. The van der Waals surface area contributed by atoms with Gasteiger partial charge in [-0.15, -0.1) is 0 Å². The first-order valence-electron chi connectivity index (χ1n) is 5.28. The molecule has 5 heteroatoms. The van der Waals surface area contributed by atoms with E-state index in [4.69, 9.17) is 4.74 Å². The first-order valence-corrected chi connectivity index (χ1v) is 6.36. The highest BCUT2D eigenvalue weighted by Crippen LogP contribution is 2.11. The predicted octanol–water partition coefficient (Wildman–Crippen LogP) is 1.69. The fraction of sp³-hybridized carbons (Fsp3) is 0.455. The van der Waals surface area contributed by atoms with Gasteiger partial charge in [0.1, 0.15) is 6.61 Å². The molecule has 0 N–H and O–H groups in total. The van der Waals surface area contributed by atoms with Gasteiger partial charge < -0.3 is 9.64 Å². The summed E-state index contributed by atoms with van der Waals surface area (Å²) in [5, 5.41) is 0. The SMILES string of the molecule is O=C1CCCN1CCOc1ccc(I)cn1. The van der Waals surface area contributed by atoms with Crippen molar-refractivity contribution in [3.8, 4) is 5.88 Å². The molecule has 1 fully saturated rings. The molecule has 0 aromatic carbocycles. The Morgan fingerprint density at radius 2 is 2.38 bits per heavy atom. The highest BCUT2D eigenvalue weighted by Gasteiger charge is 2.19. The Balaban J connectivity index is 1.75. The maximum atomic E-state index is 11.3. The van der Waals surface area contributed by atoms with Crippen LogP contribution in [0.3, 0.4) is 0 Å². The van der Waals surface area contributed by atoms with E-state index in [9.17, 15) is 4.79 Å². The molecule has 0 radical (unpaired) electrons. The minimum absolute atomic E-state index is 0.235. The van der Waals surface area contributed by atoms with Crippen LogP contribution in [0.5, 0.6) is 5.88 Å². The monoisotopic (exact) mass is 332 g/mol. The van der Waals surface area contributed by atoms with Gasteiger partial charge in [0.05, 0.1) is 6.54 Å². The summed E-state index contributed by atoms with van der Waals surface area (Å²) in [5.74, 6) is 0.853. The molecule has 0 bridgehead atoms. The zero-order valence-corrected chi connectivity index (χ0v) is 11.0. The summed E-state index contributed by atoms with van der Waals surface area (Å²) in [6, 6.07) is 3.79. The van der Waals surface area contributed by atoms with Crippen LogP contribution in [0.1, 0.15) is 12.8 Å². The van der Waals surface area contributed by atoms with Crippen molar-refractivity contribution in [1.29, 1.82) is 0 Å². The van der Waals surface area contributed by atoms with Crippen molar-refractivity contribution in [3.05, 3.63) is 21.9 Å². The van der Waals surface area contributed by atoms with E-state index in [1.807, 2.05) is 17.0 Å². The zero-order chi connectivity index (χ0) is 11.4. The Hall–Kier alpha value is -0.850. The van der Waals surface area contributed by atoms with Gasteiger partial charge >= 0.3 is 0 Å². The van der Waals surface area contributed by atoms with Crippen molar-refractivity contribution in [2.24, 2.45) is 0 Å². The lowest BCUT2D eigenvalue weighted by molar-refractivity contribution is -0.128. The van der Waals surface area contributed by atoms with Gasteiger partial charge in [-0.3, -0.25) is 4.79 Å². The van der Waals surface area contributed by atoms with Gasteiger partial charge in [-0.2, -0.15) is 0 Å². The van der Waals surface area contributed by atoms with Crippen LogP contribution < -0.4 is 4.74 Å². The molecule has 2 heterocycles. The third-order valence-corrected chi connectivity index (χ3v) is 3.12. The summed E-state index contributed by atoms with van der Waals surface area (Å²) in [6.07, 6.45) is 3.42. The molecule has 0 atom stereocenters. The molecule has 1 saturated heterocycles. The normalized spacial score (nSPS) is 15.6. The lowest BCUT2D eigenvalue weighted by Gasteiger charge is -2.15. The highest BCUT2D eigenvalue weighted by atomic mass is 127. The average Bonchev–Trinajstić information content (AvgIpc) is 2.68. The Morgan fingerprint density at radius 1 is 1.50 bits per heavy atom. The van der Waals surface area contributed by atoms with Gasteiger partial charge in [-0.25, -0.2) is 4.98 Å². The van der Waals surface area contributed by atoms with E-state index in [0.29, 0.717) is 25.5 Å². The van der Waals surface area contributed by atoms with E-state index in [2.05, 4.69) is 27.6 Å². The molecule has 0 saturated carbocycles. The van der Waals surface area contributed by atoms with Crippen LogP contribution in [-0.2, 0) is 4.79 Å². The number of rotatable bonds is 4. The molecule has 4 nitrogen and oxygen atoms in total. The molecule has 86 valence electrons. The van der Waals surface area contributed by atoms with Crippen LogP contribution in [0.2, 0.25) is 0 Å². The van der Waals surface area contributed by atoms with Gasteiger partial charge in [0, 0.05) is 28.8 Å². The van der Waals surface area contributed by atoms with Gasteiger partial charge in [-0.05, 0) is 35.1 Å². The van der Waals surface area contributed by atoms with Crippen molar-refractivity contribution in [3.63, 3.8) is 0 Å². The number of halogens is 1. The summed E-state index contributed by atoms with van der Waals surface area (Å²) in [5.41, 5.74) is 0. The number of nitrogens with zero attached hydrogens (tertiary/aromatic N) is 2. The van der Waals surface area contributed by atoms with E-state index in [1.54, 1.807) is 6.20 Å². The van der Waals surface area contributed by atoms with Crippen LogP contribution in [0, 0.1) is 3.57 Å². The number of carbonyl (C=O) groups is 1. The van der Waals surface area contributed by atoms with E-state index in [1.165, 1.54) is 0 Å². The Morgan fingerprint density at radius 3 is 3.00 bits per heavy atom. The fourth-order valence-electron chi connectivity index (χ4n) is 1.65. The molecule has 1 aromatic rings. The predicted molar refractivity (Wildman–Crippen MR) is 68.3 cm³/mol. The Kier molecular flexibility index (Phi) is 3.98. The second-order valence-electron chi connectivity index (χ2n) is 3.65. The number of hydrogen-bond acceptors (Lipinski definition) is 3. The van der Waals surface area contributed by atoms with Gasteiger partial charge in [0.15, 0.2) is 0 Å². The molecular formula is C11H13IN2O2. The van der Waals surface area contributed by atoms with Crippen molar-refractivity contribution < 1.29 is 9.53 Å². The number of aromatic nitrogens is 1. The molecule has 1 aromatic heterocycles. The Bertz CT molecular complexity index is 367.